The van der Waals surface area contributed by atoms with Crippen molar-refractivity contribution in [2.24, 2.45) is 7.05 Å². The number of amides is 1. The standard InChI is InChI=1S/C18H26N4O2/c1-18(2,3)24-17(23)21-15-7-5-14(6-8-15)9-10-19-13-16-20-11-12-22(16)4/h5-8,11-12,19H,9-10,13H2,1-4H3,(H,21,23). The minimum atomic E-state index is -0.497. The van der Waals surface area contributed by atoms with Crippen molar-refractivity contribution < 1.29 is 9.53 Å². The van der Waals surface area contributed by atoms with Crippen LogP contribution in [0.4, 0.5) is 10.5 Å². The van der Waals surface area contributed by atoms with E-state index in [9.17, 15) is 4.79 Å². The number of carbonyl (C=O) groups is 1. The normalized spacial score (nSPS) is 11.3. The molecule has 1 aromatic heterocycles. The van der Waals surface area contributed by atoms with Crippen LogP contribution in [0.15, 0.2) is 36.7 Å². The van der Waals surface area contributed by atoms with E-state index < -0.39 is 11.7 Å². The minimum absolute atomic E-state index is 0.438. The number of anilines is 1. The largest absolute Gasteiger partial charge is 0.444 e. The first kappa shape index (κ1) is 18.0. The van der Waals surface area contributed by atoms with Gasteiger partial charge in [0.2, 0.25) is 0 Å². The van der Waals surface area contributed by atoms with E-state index in [0.29, 0.717) is 0 Å². The van der Waals surface area contributed by atoms with Crippen molar-refractivity contribution in [1.29, 1.82) is 0 Å². The Balaban J connectivity index is 1.73. The average molecular weight is 330 g/mol. The lowest BCUT2D eigenvalue weighted by molar-refractivity contribution is 0.0636. The number of imidazole rings is 1. The third-order valence-corrected chi connectivity index (χ3v) is 3.39. The molecule has 130 valence electrons. The molecule has 24 heavy (non-hydrogen) atoms. The lowest BCUT2D eigenvalue weighted by atomic mass is 10.1. The third-order valence-electron chi connectivity index (χ3n) is 3.39. The fourth-order valence-electron chi connectivity index (χ4n) is 2.18. The van der Waals surface area contributed by atoms with Crippen molar-refractivity contribution >= 4 is 11.8 Å². The SMILES string of the molecule is Cn1ccnc1CNCCc1ccc(NC(=O)OC(C)(C)C)cc1. The zero-order valence-electron chi connectivity index (χ0n) is 14.8. The monoisotopic (exact) mass is 330 g/mol. The summed E-state index contributed by atoms with van der Waals surface area (Å²) in [5.74, 6) is 1.02. The lowest BCUT2D eigenvalue weighted by Crippen LogP contribution is -2.27. The summed E-state index contributed by atoms with van der Waals surface area (Å²) in [6.07, 6.45) is 4.21. The Morgan fingerprint density at radius 2 is 1.96 bits per heavy atom. The smallest absolute Gasteiger partial charge is 0.412 e. The maximum absolute atomic E-state index is 11.7. The summed E-state index contributed by atoms with van der Waals surface area (Å²) in [4.78, 5) is 16.0. The van der Waals surface area contributed by atoms with Crippen molar-refractivity contribution in [1.82, 2.24) is 14.9 Å². The number of ether oxygens (including phenoxy) is 1. The van der Waals surface area contributed by atoms with Gasteiger partial charge in [-0.2, -0.15) is 0 Å². The summed E-state index contributed by atoms with van der Waals surface area (Å²) >= 11 is 0. The molecule has 0 atom stereocenters. The highest BCUT2D eigenvalue weighted by molar-refractivity contribution is 5.84. The topological polar surface area (TPSA) is 68.2 Å². The Labute approximate surface area is 143 Å². The number of aryl methyl sites for hydroxylation is 1. The molecule has 2 rings (SSSR count). The van der Waals surface area contributed by atoms with E-state index in [4.69, 9.17) is 4.74 Å². The molecule has 0 saturated carbocycles. The Bertz CT molecular complexity index is 656. The zero-order valence-corrected chi connectivity index (χ0v) is 14.8. The van der Waals surface area contributed by atoms with Crippen LogP contribution in [0.1, 0.15) is 32.2 Å². The van der Waals surface area contributed by atoms with E-state index in [1.54, 1.807) is 6.20 Å². The van der Waals surface area contributed by atoms with Gasteiger partial charge in [-0.3, -0.25) is 5.32 Å². The first-order valence-corrected chi connectivity index (χ1v) is 8.09. The number of nitrogens with zero attached hydrogens (tertiary/aromatic N) is 2. The lowest BCUT2D eigenvalue weighted by Gasteiger charge is -2.19. The Hall–Kier alpha value is -2.34. The van der Waals surface area contributed by atoms with Crippen LogP contribution in [0.2, 0.25) is 0 Å². The van der Waals surface area contributed by atoms with Crippen molar-refractivity contribution in [3.8, 4) is 0 Å². The highest BCUT2D eigenvalue weighted by Gasteiger charge is 2.15. The maximum atomic E-state index is 11.7. The van der Waals surface area contributed by atoms with Gasteiger partial charge in [-0.15, -0.1) is 0 Å². The molecular weight excluding hydrogens is 304 g/mol. The maximum Gasteiger partial charge on any atom is 0.412 e. The molecule has 0 unspecified atom stereocenters. The molecule has 1 heterocycles. The molecule has 1 amide bonds. The molecule has 0 spiro atoms. The van der Waals surface area contributed by atoms with E-state index in [-0.39, 0.29) is 0 Å². The third kappa shape index (κ3) is 6.04. The van der Waals surface area contributed by atoms with Crippen LogP contribution in [0, 0.1) is 0 Å². The first-order chi connectivity index (χ1) is 11.3. The number of nitrogens with one attached hydrogen (secondary N) is 2. The summed E-state index contributed by atoms with van der Waals surface area (Å²) < 4.78 is 7.23. The fraction of sp³-hybridized carbons (Fsp3) is 0.444. The van der Waals surface area contributed by atoms with Gasteiger partial charge >= 0.3 is 6.09 Å². The van der Waals surface area contributed by atoms with Crippen LogP contribution >= 0.6 is 0 Å². The molecule has 0 aliphatic carbocycles. The van der Waals surface area contributed by atoms with Gasteiger partial charge < -0.3 is 14.6 Å². The zero-order chi connectivity index (χ0) is 17.6. The fourth-order valence-corrected chi connectivity index (χ4v) is 2.18. The molecule has 6 nitrogen and oxygen atoms in total. The number of hydrogen-bond donors (Lipinski definition) is 2. The highest BCUT2D eigenvalue weighted by atomic mass is 16.6. The van der Waals surface area contributed by atoms with Crippen LogP contribution in [-0.4, -0.2) is 27.8 Å². The number of hydrogen-bond acceptors (Lipinski definition) is 4. The molecule has 0 saturated heterocycles. The molecule has 1 aromatic carbocycles. The summed E-state index contributed by atoms with van der Waals surface area (Å²) in [7, 11) is 1.99. The Morgan fingerprint density at radius 3 is 2.54 bits per heavy atom. The summed E-state index contributed by atoms with van der Waals surface area (Å²) in [5.41, 5.74) is 1.44. The molecule has 0 bridgehead atoms. The predicted octanol–water partition coefficient (Wildman–Crippen LogP) is 3.10. The summed E-state index contributed by atoms with van der Waals surface area (Å²) in [6.45, 7) is 7.14. The van der Waals surface area contributed by atoms with Gasteiger partial charge in [0.1, 0.15) is 11.4 Å². The van der Waals surface area contributed by atoms with Gasteiger partial charge in [0.15, 0.2) is 0 Å². The molecule has 2 N–H and O–H groups in total. The van der Waals surface area contributed by atoms with Crippen LogP contribution < -0.4 is 10.6 Å². The number of aromatic nitrogens is 2. The van der Waals surface area contributed by atoms with Crippen LogP contribution in [0.5, 0.6) is 0 Å². The van der Waals surface area contributed by atoms with E-state index >= 15 is 0 Å². The molecule has 0 aliphatic rings. The minimum Gasteiger partial charge on any atom is -0.444 e. The van der Waals surface area contributed by atoms with Gasteiger partial charge in [-0.1, -0.05) is 12.1 Å². The second-order valence-electron chi connectivity index (χ2n) is 6.70. The van der Waals surface area contributed by atoms with Gasteiger partial charge in [0.25, 0.3) is 0 Å². The number of carbonyl (C=O) groups excluding carboxylic acids is 1. The molecule has 0 aliphatic heterocycles. The van der Waals surface area contributed by atoms with E-state index in [1.807, 2.05) is 62.8 Å². The van der Waals surface area contributed by atoms with E-state index in [2.05, 4.69) is 15.6 Å². The first-order valence-electron chi connectivity index (χ1n) is 8.09. The van der Waals surface area contributed by atoms with E-state index in [1.165, 1.54) is 5.56 Å². The molecule has 0 fully saturated rings. The predicted molar refractivity (Wildman–Crippen MR) is 94.9 cm³/mol. The molecule has 0 radical (unpaired) electrons. The van der Waals surface area contributed by atoms with Crippen molar-refractivity contribution in [2.75, 3.05) is 11.9 Å². The van der Waals surface area contributed by atoms with Crippen LogP contribution in [0.25, 0.3) is 0 Å². The van der Waals surface area contributed by atoms with Gasteiger partial charge in [0.05, 0.1) is 6.54 Å². The molecule has 2 aromatic rings. The van der Waals surface area contributed by atoms with Crippen LogP contribution in [0.3, 0.4) is 0 Å². The van der Waals surface area contributed by atoms with Crippen molar-refractivity contribution in [3.63, 3.8) is 0 Å². The number of rotatable bonds is 6. The Kier molecular flexibility index (Phi) is 5.98. The van der Waals surface area contributed by atoms with Gasteiger partial charge in [0, 0.05) is 25.1 Å². The summed E-state index contributed by atoms with van der Waals surface area (Å²) in [5, 5.41) is 6.11. The average Bonchev–Trinajstić information content (AvgIpc) is 2.89. The van der Waals surface area contributed by atoms with Gasteiger partial charge in [-0.25, -0.2) is 9.78 Å². The second-order valence-corrected chi connectivity index (χ2v) is 6.70. The van der Waals surface area contributed by atoms with Crippen LogP contribution in [-0.2, 0) is 24.8 Å². The second kappa shape index (κ2) is 7.97. The van der Waals surface area contributed by atoms with Gasteiger partial charge in [-0.05, 0) is 51.4 Å². The number of benzene rings is 1. The highest BCUT2D eigenvalue weighted by Crippen LogP contribution is 2.13. The van der Waals surface area contributed by atoms with E-state index in [0.717, 1.165) is 31.0 Å². The molecular formula is C18H26N4O2. The summed E-state index contributed by atoms with van der Waals surface area (Å²) in [6, 6.07) is 7.79. The van der Waals surface area contributed by atoms with Crippen molar-refractivity contribution in [3.05, 3.63) is 48.0 Å². The van der Waals surface area contributed by atoms with Crippen molar-refractivity contribution in [2.45, 2.75) is 39.3 Å². The molecule has 6 heteroatoms. The Morgan fingerprint density at radius 1 is 1.25 bits per heavy atom. The quantitative estimate of drug-likeness (QED) is 0.799.